The van der Waals surface area contributed by atoms with Crippen LogP contribution >= 0.6 is 38.9 Å². The molecule has 0 fully saturated rings. The molecule has 2 aromatic rings. The smallest absolute Gasteiger partial charge is 0.123 e. The predicted octanol–water partition coefficient (Wildman–Crippen LogP) is 4.61. The first-order valence-corrected chi connectivity index (χ1v) is 6.98. The van der Waals surface area contributed by atoms with E-state index in [4.69, 9.17) is 11.6 Å². The molecule has 0 saturated carbocycles. The van der Waals surface area contributed by atoms with Gasteiger partial charge in [-0.25, -0.2) is 4.39 Å². The lowest BCUT2D eigenvalue weighted by Crippen LogP contribution is -2.16. The van der Waals surface area contributed by atoms with Crippen molar-refractivity contribution in [3.05, 3.63) is 55.4 Å². The van der Waals surface area contributed by atoms with Crippen LogP contribution in [0.3, 0.4) is 0 Å². The Kier molecular flexibility index (Phi) is 4.20. The van der Waals surface area contributed by atoms with Gasteiger partial charge in [-0.2, -0.15) is 0 Å². The van der Waals surface area contributed by atoms with Crippen LogP contribution in [0.25, 0.3) is 0 Å². The SMILES string of the molecule is CNC(c1ccc(F)cc1)c1cc(Cl)c(Br)s1. The summed E-state index contributed by atoms with van der Waals surface area (Å²) in [4.78, 5) is 1.09. The zero-order valence-corrected chi connectivity index (χ0v) is 12.2. The number of nitrogens with one attached hydrogen (secondary N) is 1. The first kappa shape index (κ1) is 13.0. The molecule has 2 rings (SSSR count). The van der Waals surface area contributed by atoms with Crippen molar-refractivity contribution in [3.63, 3.8) is 0 Å². The van der Waals surface area contributed by atoms with E-state index in [1.165, 1.54) is 12.1 Å². The lowest BCUT2D eigenvalue weighted by atomic mass is 10.1. The van der Waals surface area contributed by atoms with Gasteiger partial charge in [0, 0.05) is 4.88 Å². The van der Waals surface area contributed by atoms with E-state index in [2.05, 4.69) is 21.2 Å². The van der Waals surface area contributed by atoms with Crippen molar-refractivity contribution < 1.29 is 4.39 Å². The van der Waals surface area contributed by atoms with Crippen LogP contribution in [-0.4, -0.2) is 7.05 Å². The Morgan fingerprint density at radius 1 is 1.35 bits per heavy atom. The van der Waals surface area contributed by atoms with Crippen LogP contribution in [0, 0.1) is 5.82 Å². The molecule has 1 N–H and O–H groups in total. The van der Waals surface area contributed by atoms with Gasteiger partial charge in [-0.15, -0.1) is 11.3 Å². The van der Waals surface area contributed by atoms with Crippen LogP contribution in [0.15, 0.2) is 34.1 Å². The molecule has 1 nitrogen and oxygen atoms in total. The molecule has 0 amide bonds. The van der Waals surface area contributed by atoms with Gasteiger partial charge in [0.1, 0.15) is 5.82 Å². The highest BCUT2D eigenvalue weighted by Crippen LogP contribution is 2.37. The third kappa shape index (κ3) is 2.88. The monoisotopic (exact) mass is 333 g/mol. The van der Waals surface area contributed by atoms with Crippen LogP contribution in [0.5, 0.6) is 0 Å². The Hall–Kier alpha value is -0.420. The van der Waals surface area contributed by atoms with E-state index in [1.807, 2.05) is 13.1 Å². The number of hydrogen-bond donors (Lipinski definition) is 1. The average Bonchev–Trinajstić information content (AvgIpc) is 2.63. The maximum Gasteiger partial charge on any atom is 0.123 e. The number of thiophene rings is 1. The second-order valence-corrected chi connectivity index (χ2v) is 6.35. The van der Waals surface area contributed by atoms with Crippen LogP contribution in [-0.2, 0) is 0 Å². The topological polar surface area (TPSA) is 12.0 Å². The Morgan fingerprint density at radius 2 is 2.00 bits per heavy atom. The normalized spacial score (nSPS) is 12.7. The van der Waals surface area contributed by atoms with Crippen molar-refractivity contribution in [2.24, 2.45) is 0 Å². The third-order valence-electron chi connectivity index (χ3n) is 2.44. The minimum absolute atomic E-state index is 0.0319. The second-order valence-electron chi connectivity index (χ2n) is 3.54. The van der Waals surface area contributed by atoms with Gasteiger partial charge in [0.05, 0.1) is 14.9 Å². The predicted molar refractivity (Wildman–Crippen MR) is 74.3 cm³/mol. The molecule has 0 bridgehead atoms. The molecule has 0 aliphatic heterocycles. The molecule has 1 aromatic carbocycles. The highest BCUT2D eigenvalue weighted by Gasteiger charge is 2.16. The molecule has 17 heavy (non-hydrogen) atoms. The van der Waals surface area contributed by atoms with E-state index in [0.717, 1.165) is 14.2 Å². The Labute approximate surface area is 117 Å². The summed E-state index contributed by atoms with van der Waals surface area (Å²) in [7, 11) is 1.87. The van der Waals surface area contributed by atoms with E-state index in [0.29, 0.717) is 5.02 Å². The summed E-state index contributed by atoms with van der Waals surface area (Å²) in [6, 6.07) is 8.43. The fourth-order valence-electron chi connectivity index (χ4n) is 1.63. The first-order chi connectivity index (χ1) is 8.11. The van der Waals surface area contributed by atoms with Crippen molar-refractivity contribution in [2.75, 3.05) is 7.05 Å². The standard InChI is InChI=1S/C12H10BrClFNS/c1-16-11(7-2-4-8(15)5-3-7)10-6-9(14)12(13)17-10/h2-6,11,16H,1H3. The molecule has 1 aromatic heterocycles. The van der Waals surface area contributed by atoms with Gasteiger partial charge in [-0.3, -0.25) is 0 Å². The molecule has 0 spiro atoms. The lowest BCUT2D eigenvalue weighted by molar-refractivity contribution is 0.624. The van der Waals surface area contributed by atoms with E-state index in [-0.39, 0.29) is 11.9 Å². The number of halogens is 3. The summed E-state index contributed by atoms with van der Waals surface area (Å²) in [5.74, 6) is -0.228. The zero-order chi connectivity index (χ0) is 12.4. The fourth-order valence-corrected chi connectivity index (χ4v) is 3.52. The van der Waals surface area contributed by atoms with Crippen LogP contribution in [0.4, 0.5) is 4.39 Å². The second kappa shape index (κ2) is 5.48. The molecule has 0 radical (unpaired) electrons. The van der Waals surface area contributed by atoms with Crippen molar-refractivity contribution >= 4 is 38.9 Å². The third-order valence-corrected chi connectivity index (χ3v) is 4.98. The largest absolute Gasteiger partial charge is 0.309 e. The molecule has 1 heterocycles. The van der Waals surface area contributed by atoms with Crippen molar-refractivity contribution in [2.45, 2.75) is 6.04 Å². The summed E-state index contributed by atoms with van der Waals surface area (Å²) in [6.45, 7) is 0. The van der Waals surface area contributed by atoms with E-state index < -0.39 is 0 Å². The molecule has 0 aliphatic rings. The summed E-state index contributed by atoms with van der Waals surface area (Å²) < 4.78 is 13.8. The van der Waals surface area contributed by atoms with Gasteiger partial charge in [0.25, 0.3) is 0 Å². The fraction of sp³-hybridized carbons (Fsp3) is 0.167. The molecule has 0 aliphatic carbocycles. The molecule has 90 valence electrons. The van der Waals surface area contributed by atoms with E-state index in [1.54, 1.807) is 23.5 Å². The lowest BCUT2D eigenvalue weighted by Gasteiger charge is -2.14. The zero-order valence-electron chi connectivity index (χ0n) is 9.01. The van der Waals surface area contributed by atoms with Gasteiger partial charge in [0.2, 0.25) is 0 Å². The summed E-state index contributed by atoms with van der Waals surface area (Å²) in [6.07, 6.45) is 0. The van der Waals surface area contributed by atoms with Gasteiger partial charge in [0.15, 0.2) is 0 Å². The molecule has 1 atom stereocenters. The molecule has 0 saturated heterocycles. The Morgan fingerprint density at radius 3 is 2.47 bits per heavy atom. The quantitative estimate of drug-likeness (QED) is 0.864. The van der Waals surface area contributed by atoms with Crippen molar-refractivity contribution in [1.29, 1.82) is 0 Å². The minimum atomic E-state index is -0.228. The number of rotatable bonds is 3. The van der Waals surface area contributed by atoms with E-state index >= 15 is 0 Å². The van der Waals surface area contributed by atoms with Gasteiger partial charge < -0.3 is 5.32 Å². The average molecular weight is 335 g/mol. The highest BCUT2D eigenvalue weighted by atomic mass is 79.9. The van der Waals surface area contributed by atoms with Crippen molar-refractivity contribution in [1.82, 2.24) is 5.32 Å². The Balaban J connectivity index is 2.36. The van der Waals surface area contributed by atoms with Crippen molar-refractivity contribution in [3.8, 4) is 0 Å². The Bertz CT molecular complexity index is 492. The maximum absolute atomic E-state index is 12.9. The van der Waals surface area contributed by atoms with Crippen LogP contribution in [0.1, 0.15) is 16.5 Å². The summed E-state index contributed by atoms with van der Waals surface area (Å²) in [5, 5.41) is 3.90. The van der Waals surface area contributed by atoms with Gasteiger partial charge in [-0.05, 0) is 46.7 Å². The molecular formula is C12H10BrClFNS. The number of hydrogen-bond acceptors (Lipinski definition) is 2. The molecule has 1 unspecified atom stereocenters. The van der Waals surface area contributed by atoms with Gasteiger partial charge >= 0.3 is 0 Å². The first-order valence-electron chi connectivity index (χ1n) is 4.99. The summed E-state index contributed by atoms with van der Waals surface area (Å²) in [5.41, 5.74) is 1.01. The highest BCUT2D eigenvalue weighted by molar-refractivity contribution is 9.11. The molecule has 5 heteroatoms. The molecular weight excluding hydrogens is 325 g/mol. The minimum Gasteiger partial charge on any atom is -0.309 e. The van der Waals surface area contributed by atoms with Gasteiger partial charge in [-0.1, -0.05) is 23.7 Å². The number of benzene rings is 1. The maximum atomic E-state index is 12.9. The van der Waals surface area contributed by atoms with E-state index in [9.17, 15) is 4.39 Å². The summed E-state index contributed by atoms with van der Waals surface area (Å²) >= 11 is 11.0. The van der Waals surface area contributed by atoms with Crippen LogP contribution < -0.4 is 5.32 Å². The van der Waals surface area contributed by atoms with Crippen LogP contribution in [0.2, 0.25) is 5.02 Å².